The van der Waals surface area contributed by atoms with Crippen LogP contribution in [-0.2, 0) is 0 Å². The second-order valence-electron chi connectivity index (χ2n) is 13.3. The first kappa shape index (κ1) is 29.5. The molecule has 240 valence electrons. The SMILES string of the molecule is c1ccc(-c2ccc(N(c3ccccc3)c3ccc4c(c3)Oc3ccccc3[Si]43c4ccccc4-c4ccccc43)cc2-c2ccccc2)cc1. The fourth-order valence-corrected chi connectivity index (χ4v) is 13.8. The molecule has 0 aliphatic carbocycles. The quantitative estimate of drug-likeness (QED) is 0.170. The zero-order valence-corrected chi connectivity index (χ0v) is 28.9. The average molecular weight is 668 g/mol. The molecule has 0 N–H and O–H groups in total. The van der Waals surface area contributed by atoms with Crippen LogP contribution in [0, 0.1) is 0 Å². The summed E-state index contributed by atoms with van der Waals surface area (Å²) < 4.78 is 6.93. The Morgan fingerprint density at radius 3 is 1.47 bits per heavy atom. The van der Waals surface area contributed by atoms with E-state index in [-0.39, 0.29) is 0 Å². The van der Waals surface area contributed by atoms with Gasteiger partial charge in [0.1, 0.15) is 11.5 Å². The highest BCUT2D eigenvalue weighted by Gasteiger charge is 2.53. The van der Waals surface area contributed by atoms with E-state index >= 15 is 0 Å². The van der Waals surface area contributed by atoms with Crippen molar-refractivity contribution in [3.63, 3.8) is 0 Å². The molecule has 0 unspecified atom stereocenters. The molecule has 2 heterocycles. The number of fused-ring (bicyclic) bond motifs is 9. The van der Waals surface area contributed by atoms with Gasteiger partial charge in [-0.2, -0.15) is 0 Å². The van der Waals surface area contributed by atoms with E-state index in [1.54, 1.807) is 0 Å². The minimum atomic E-state index is -2.66. The van der Waals surface area contributed by atoms with E-state index in [4.69, 9.17) is 4.74 Å². The topological polar surface area (TPSA) is 12.5 Å². The molecule has 51 heavy (non-hydrogen) atoms. The average Bonchev–Trinajstić information content (AvgIpc) is 3.50. The lowest BCUT2D eigenvalue weighted by Crippen LogP contribution is -2.74. The van der Waals surface area contributed by atoms with Gasteiger partial charge >= 0.3 is 0 Å². The van der Waals surface area contributed by atoms with Crippen LogP contribution in [0.25, 0.3) is 33.4 Å². The van der Waals surface area contributed by atoms with E-state index in [9.17, 15) is 0 Å². The molecule has 0 saturated heterocycles. The van der Waals surface area contributed by atoms with Gasteiger partial charge in [0.25, 0.3) is 0 Å². The number of hydrogen-bond acceptors (Lipinski definition) is 2. The van der Waals surface area contributed by atoms with Crippen LogP contribution in [0.1, 0.15) is 0 Å². The Labute approximate surface area is 299 Å². The number of anilines is 3. The van der Waals surface area contributed by atoms with Gasteiger partial charge in [-0.1, -0.05) is 158 Å². The molecule has 0 atom stereocenters. The van der Waals surface area contributed by atoms with E-state index < -0.39 is 8.07 Å². The molecule has 8 aromatic carbocycles. The number of hydrogen-bond donors (Lipinski definition) is 0. The lowest BCUT2D eigenvalue weighted by Gasteiger charge is -2.38. The van der Waals surface area contributed by atoms with E-state index in [1.165, 1.54) is 54.1 Å². The van der Waals surface area contributed by atoms with Crippen molar-refractivity contribution in [3.05, 3.63) is 200 Å². The van der Waals surface area contributed by atoms with Crippen LogP contribution in [0.5, 0.6) is 11.5 Å². The summed E-state index contributed by atoms with van der Waals surface area (Å²) in [4.78, 5) is 2.36. The summed E-state index contributed by atoms with van der Waals surface area (Å²) in [5, 5.41) is 5.46. The molecule has 2 aliphatic rings. The largest absolute Gasteiger partial charge is 0.457 e. The Morgan fingerprint density at radius 1 is 0.314 bits per heavy atom. The van der Waals surface area contributed by atoms with E-state index in [1.807, 2.05) is 0 Å². The van der Waals surface area contributed by atoms with Crippen molar-refractivity contribution in [2.75, 3.05) is 4.90 Å². The van der Waals surface area contributed by atoms with Gasteiger partial charge in [0, 0.05) is 23.1 Å². The van der Waals surface area contributed by atoms with Crippen molar-refractivity contribution in [3.8, 4) is 44.9 Å². The van der Waals surface area contributed by atoms with Crippen LogP contribution >= 0.6 is 0 Å². The molecule has 2 nitrogen and oxygen atoms in total. The maximum absolute atomic E-state index is 6.93. The van der Waals surface area contributed by atoms with Gasteiger partial charge in [-0.25, -0.2) is 0 Å². The predicted molar refractivity (Wildman–Crippen MR) is 215 cm³/mol. The highest BCUT2D eigenvalue weighted by Crippen LogP contribution is 2.43. The molecule has 0 saturated carbocycles. The van der Waals surface area contributed by atoms with Crippen LogP contribution in [-0.4, -0.2) is 8.07 Å². The third-order valence-electron chi connectivity index (χ3n) is 10.5. The third kappa shape index (κ3) is 4.56. The smallest absolute Gasteiger partial charge is 0.189 e. The minimum absolute atomic E-state index is 0.925. The van der Waals surface area contributed by atoms with Crippen LogP contribution in [0.3, 0.4) is 0 Å². The van der Waals surface area contributed by atoms with Gasteiger partial charge in [0.15, 0.2) is 8.07 Å². The fraction of sp³-hybridized carbons (Fsp3) is 0. The standard InChI is InChI=1S/C48H33NOSi/c1-4-16-34(17-5-1)39-30-28-37(32-42(39)35-18-6-2-7-19-35)49(36-20-8-3-9-21-36)38-29-31-48-44(33-38)50-43-24-12-15-27-47(43)51(48)45-25-13-10-22-40(45)41-23-11-14-26-46(41)51/h1-33H. The summed E-state index contributed by atoms with van der Waals surface area (Å²) in [6, 6.07) is 72.6. The molecule has 0 amide bonds. The van der Waals surface area contributed by atoms with Crippen molar-refractivity contribution >= 4 is 45.9 Å². The molecule has 0 aromatic heterocycles. The van der Waals surface area contributed by atoms with Crippen molar-refractivity contribution in [2.24, 2.45) is 0 Å². The van der Waals surface area contributed by atoms with E-state index in [2.05, 4.69) is 205 Å². The molecule has 0 radical (unpaired) electrons. The summed E-state index contributed by atoms with van der Waals surface area (Å²) in [5.74, 6) is 1.87. The second-order valence-corrected chi connectivity index (χ2v) is 16.9. The minimum Gasteiger partial charge on any atom is -0.457 e. The Bertz CT molecular complexity index is 2520. The zero-order valence-electron chi connectivity index (χ0n) is 27.9. The predicted octanol–water partition coefficient (Wildman–Crippen LogP) is 9.95. The van der Waals surface area contributed by atoms with Gasteiger partial charge in [0.05, 0.1) is 0 Å². The Kier molecular flexibility index (Phi) is 6.86. The molecular weight excluding hydrogens is 635 g/mol. The van der Waals surface area contributed by atoms with Crippen LogP contribution in [0.2, 0.25) is 0 Å². The monoisotopic (exact) mass is 667 g/mol. The van der Waals surface area contributed by atoms with Gasteiger partial charge in [-0.15, -0.1) is 0 Å². The Hall–Kier alpha value is -6.42. The lowest BCUT2D eigenvalue weighted by molar-refractivity contribution is 0.487. The first-order valence-corrected chi connectivity index (χ1v) is 19.5. The number of benzene rings is 8. The molecule has 0 fully saturated rings. The van der Waals surface area contributed by atoms with E-state index in [0.717, 1.165) is 28.6 Å². The summed E-state index contributed by atoms with van der Waals surface area (Å²) in [6.45, 7) is 0. The van der Waals surface area contributed by atoms with Crippen LogP contribution < -0.4 is 30.4 Å². The van der Waals surface area contributed by atoms with Gasteiger partial charge in [0.2, 0.25) is 0 Å². The van der Waals surface area contributed by atoms with Crippen molar-refractivity contribution in [1.29, 1.82) is 0 Å². The van der Waals surface area contributed by atoms with Crippen molar-refractivity contribution < 1.29 is 4.74 Å². The first-order valence-electron chi connectivity index (χ1n) is 17.5. The molecule has 1 spiro atoms. The number of ether oxygens (including phenoxy) is 1. The number of para-hydroxylation sites is 2. The van der Waals surface area contributed by atoms with Crippen molar-refractivity contribution in [1.82, 2.24) is 0 Å². The van der Waals surface area contributed by atoms with E-state index in [0.29, 0.717) is 0 Å². The summed E-state index contributed by atoms with van der Waals surface area (Å²) in [7, 11) is -2.66. The number of rotatable bonds is 5. The summed E-state index contributed by atoms with van der Waals surface area (Å²) in [6.07, 6.45) is 0. The number of nitrogens with zero attached hydrogens (tertiary/aromatic N) is 1. The van der Waals surface area contributed by atoms with Crippen LogP contribution in [0.15, 0.2) is 200 Å². The maximum Gasteiger partial charge on any atom is 0.189 e. The van der Waals surface area contributed by atoms with Gasteiger partial charge in [-0.3, -0.25) is 0 Å². The molecule has 2 aliphatic heterocycles. The summed E-state index contributed by atoms with van der Waals surface area (Å²) >= 11 is 0. The maximum atomic E-state index is 6.93. The normalized spacial score (nSPS) is 13.0. The molecule has 10 rings (SSSR count). The lowest BCUT2D eigenvalue weighted by atomic mass is 9.93. The zero-order chi connectivity index (χ0) is 33.8. The highest BCUT2D eigenvalue weighted by atomic mass is 28.3. The van der Waals surface area contributed by atoms with Crippen LogP contribution in [0.4, 0.5) is 17.1 Å². The van der Waals surface area contributed by atoms with Gasteiger partial charge in [-0.05, 0) is 90.5 Å². The highest BCUT2D eigenvalue weighted by molar-refractivity contribution is 7.23. The molecule has 3 heteroatoms. The second kappa shape index (κ2) is 11.9. The fourth-order valence-electron chi connectivity index (χ4n) is 8.41. The Balaban J connectivity index is 1.20. The molecular formula is C48H33NOSi. The Morgan fingerprint density at radius 2 is 0.804 bits per heavy atom. The molecule has 0 bridgehead atoms. The summed E-state index contributed by atoms with van der Waals surface area (Å²) in [5.41, 5.74) is 10.7. The van der Waals surface area contributed by atoms with Gasteiger partial charge < -0.3 is 9.64 Å². The first-order chi connectivity index (χ1) is 25.3. The molecule has 8 aromatic rings. The third-order valence-corrected chi connectivity index (χ3v) is 15.5. The van der Waals surface area contributed by atoms with Crippen molar-refractivity contribution in [2.45, 2.75) is 0 Å².